The van der Waals surface area contributed by atoms with E-state index in [4.69, 9.17) is 5.26 Å². The first-order valence-corrected chi connectivity index (χ1v) is 5.93. The molecule has 4 heteroatoms. The lowest BCUT2D eigenvalue weighted by molar-refractivity contribution is -0.132. The first-order valence-electron chi connectivity index (χ1n) is 5.93. The minimum atomic E-state index is 0.175. The molecule has 0 saturated heterocycles. The van der Waals surface area contributed by atoms with Crippen LogP contribution >= 0.6 is 0 Å². The molecule has 0 unspecified atom stereocenters. The number of hydrogen-bond donors (Lipinski definition) is 0. The largest absolute Gasteiger partial charge is 0.342 e. The summed E-state index contributed by atoms with van der Waals surface area (Å²) in [6, 6.07) is 2.90. The molecule has 0 aromatic heterocycles. The Labute approximate surface area is 97.8 Å². The normalized spacial score (nSPS) is 15.2. The van der Waals surface area contributed by atoms with Gasteiger partial charge in [-0.2, -0.15) is 5.26 Å². The average Bonchev–Trinajstić information content (AvgIpc) is 3.05. The molecule has 0 aromatic rings. The van der Waals surface area contributed by atoms with Gasteiger partial charge in [0.2, 0.25) is 5.91 Å². The Balaban J connectivity index is 2.40. The number of rotatable bonds is 6. The predicted molar refractivity (Wildman–Crippen MR) is 62.7 cm³/mol. The maximum Gasteiger partial charge on any atom is 0.236 e. The third-order valence-corrected chi connectivity index (χ3v) is 3.07. The Hall–Kier alpha value is -1.08. The molecule has 0 heterocycles. The van der Waals surface area contributed by atoms with Gasteiger partial charge in [-0.05, 0) is 26.7 Å². The van der Waals surface area contributed by atoms with Crippen LogP contribution in [-0.4, -0.2) is 47.9 Å². The van der Waals surface area contributed by atoms with Gasteiger partial charge < -0.3 is 4.90 Å². The molecule has 1 rings (SSSR count). The van der Waals surface area contributed by atoms with Crippen molar-refractivity contribution in [2.45, 2.75) is 45.2 Å². The van der Waals surface area contributed by atoms with Crippen molar-refractivity contribution >= 4 is 5.91 Å². The molecule has 1 aliphatic rings. The van der Waals surface area contributed by atoms with Crippen LogP contribution in [-0.2, 0) is 4.79 Å². The standard InChI is InChI=1S/C12H21N3O/c1-10(2)15(8-4-7-13)9-12(16)14(3)11-5-6-11/h10-11H,4-6,8-9H2,1-3H3. The van der Waals surface area contributed by atoms with Gasteiger partial charge in [-0.15, -0.1) is 0 Å². The lowest BCUT2D eigenvalue weighted by Crippen LogP contribution is -2.42. The zero-order valence-corrected chi connectivity index (χ0v) is 10.4. The number of likely N-dealkylation sites (N-methyl/N-ethyl adjacent to an activating group) is 1. The molecule has 0 atom stereocenters. The van der Waals surface area contributed by atoms with Crippen molar-refractivity contribution in [2.24, 2.45) is 0 Å². The number of nitriles is 1. The van der Waals surface area contributed by atoms with Gasteiger partial charge in [0.1, 0.15) is 0 Å². The topological polar surface area (TPSA) is 47.3 Å². The highest BCUT2D eigenvalue weighted by atomic mass is 16.2. The van der Waals surface area contributed by atoms with Gasteiger partial charge in [-0.3, -0.25) is 9.69 Å². The fourth-order valence-corrected chi connectivity index (χ4v) is 1.66. The first kappa shape index (κ1) is 13.0. The molecular weight excluding hydrogens is 202 g/mol. The van der Waals surface area contributed by atoms with Crippen molar-refractivity contribution in [3.8, 4) is 6.07 Å². The van der Waals surface area contributed by atoms with Crippen LogP contribution in [0.2, 0.25) is 0 Å². The molecule has 0 spiro atoms. The maximum atomic E-state index is 11.9. The SMILES string of the molecule is CC(C)N(CCC#N)CC(=O)N(C)C1CC1. The summed E-state index contributed by atoms with van der Waals surface area (Å²) in [5.41, 5.74) is 0. The summed E-state index contributed by atoms with van der Waals surface area (Å²) >= 11 is 0. The summed E-state index contributed by atoms with van der Waals surface area (Å²) in [6.45, 7) is 5.23. The third-order valence-electron chi connectivity index (χ3n) is 3.07. The van der Waals surface area contributed by atoms with E-state index in [0.717, 1.165) is 12.8 Å². The van der Waals surface area contributed by atoms with Crippen LogP contribution in [0, 0.1) is 11.3 Å². The average molecular weight is 223 g/mol. The molecule has 0 aliphatic heterocycles. The van der Waals surface area contributed by atoms with E-state index in [1.807, 2.05) is 11.9 Å². The van der Waals surface area contributed by atoms with Crippen LogP contribution in [0.1, 0.15) is 33.1 Å². The summed E-state index contributed by atoms with van der Waals surface area (Å²) in [6.07, 6.45) is 2.77. The molecule has 4 nitrogen and oxygen atoms in total. The molecule has 90 valence electrons. The summed E-state index contributed by atoms with van der Waals surface area (Å²) in [4.78, 5) is 15.8. The second-order valence-corrected chi connectivity index (χ2v) is 4.71. The number of hydrogen-bond acceptors (Lipinski definition) is 3. The van der Waals surface area contributed by atoms with Gasteiger partial charge in [0.25, 0.3) is 0 Å². The highest BCUT2D eigenvalue weighted by Gasteiger charge is 2.30. The molecule has 1 fully saturated rings. The van der Waals surface area contributed by atoms with Crippen LogP contribution in [0.15, 0.2) is 0 Å². The Kier molecular flexibility index (Phi) is 4.75. The Morgan fingerprint density at radius 2 is 2.12 bits per heavy atom. The maximum absolute atomic E-state index is 11.9. The van der Waals surface area contributed by atoms with Gasteiger partial charge in [0.05, 0.1) is 12.6 Å². The van der Waals surface area contributed by atoms with Gasteiger partial charge >= 0.3 is 0 Å². The summed E-state index contributed by atoms with van der Waals surface area (Å²) < 4.78 is 0. The molecule has 0 bridgehead atoms. The lowest BCUT2D eigenvalue weighted by Gasteiger charge is -2.27. The Morgan fingerprint density at radius 1 is 1.50 bits per heavy atom. The molecule has 1 saturated carbocycles. The fourth-order valence-electron chi connectivity index (χ4n) is 1.66. The van der Waals surface area contributed by atoms with E-state index in [0.29, 0.717) is 31.6 Å². The van der Waals surface area contributed by atoms with Gasteiger partial charge in [-0.25, -0.2) is 0 Å². The molecule has 1 amide bonds. The van der Waals surface area contributed by atoms with E-state index >= 15 is 0 Å². The number of nitrogens with zero attached hydrogens (tertiary/aromatic N) is 3. The first-order chi connectivity index (χ1) is 7.56. The highest BCUT2D eigenvalue weighted by molar-refractivity contribution is 5.78. The van der Waals surface area contributed by atoms with Crippen LogP contribution in [0.4, 0.5) is 0 Å². The van der Waals surface area contributed by atoms with Crippen molar-refractivity contribution in [1.29, 1.82) is 5.26 Å². The number of carbonyl (C=O) groups is 1. The van der Waals surface area contributed by atoms with Crippen molar-refractivity contribution in [1.82, 2.24) is 9.80 Å². The summed E-state index contributed by atoms with van der Waals surface area (Å²) in [5, 5.41) is 8.57. The quantitative estimate of drug-likeness (QED) is 0.680. The number of carbonyl (C=O) groups excluding carboxylic acids is 1. The van der Waals surface area contributed by atoms with E-state index < -0.39 is 0 Å². The fraction of sp³-hybridized carbons (Fsp3) is 0.833. The van der Waals surface area contributed by atoms with Crippen LogP contribution in [0.3, 0.4) is 0 Å². The molecule has 0 aromatic carbocycles. The zero-order valence-electron chi connectivity index (χ0n) is 10.4. The van der Waals surface area contributed by atoms with Gasteiger partial charge in [0.15, 0.2) is 0 Å². The monoisotopic (exact) mass is 223 g/mol. The third kappa shape index (κ3) is 3.82. The molecular formula is C12H21N3O. The van der Waals surface area contributed by atoms with E-state index in [9.17, 15) is 4.79 Å². The van der Waals surface area contributed by atoms with Crippen molar-refractivity contribution in [3.05, 3.63) is 0 Å². The van der Waals surface area contributed by atoms with Crippen molar-refractivity contribution in [2.75, 3.05) is 20.1 Å². The van der Waals surface area contributed by atoms with Crippen LogP contribution in [0.5, 0.6) is 0 Å². The van der Waals surface area contributed by atoms with Crippen LogP contribution in [0.25, 0.3) is 0 Å². The molecule has 0 N–H and O–H groups in total. The number of amides is 1. The molecule has 0 radical (unpaired) electrons. The Morgan fingerprint density at radius 3 is 2.56 bits per heavy atom. The highest BCUT2D eigenvalue weighted by Crippen LogP contribution is 2.25. The van der Waals surface area contributed by atoms with Gasteiger partial charge in [0, 0.05) is 32.1 Å². The van der Waals surface area contributed by atoms with E-state index in [1.54, 1.807) is 0 Å². The zero-order chi connectivity index (χ0) is 12.1. The second kappa shape index (κ2) is 5.86. The smallest absolute Gasteiger partial charge is 0.236 e. The Bertz CT molecular complexity index is 278. The summed E-state index contributed by atoms with van der Waals surface area (Å²) in [7, 11) is 1.88. The van der Waals surface area contributed by atoms with E-state index in [2.05, 4.69) is 24.8 Å². The van der Waals surface area contributed by atoms with E-state index in [1.165, 1.54) is 0 Å². The van der Waals surface area contributed by atoms with Gasteiger partial charge in [-0.1, -0.05) is 0 Å². The summed E-state index contributed by atoms with van der Waals surface area (Å²) in [5.74, 6) is 0.175. The second-order valence-electron chi connectivity index (χ2n) is 4.71. The van der Waals surface area contributed by atoms with Crippen LogP contribution < -0.4 is 0 Å². The minimum absolute atomic E-state index is 0.175. The predicted octanol–water partition coefficient (Wildman–Crippen LogP) is 1.23. The van der Waals surface area contributed by atoms with Crippen molar-refractivity contribution in [3.63, 3.8) is 0 Å². The molecule has 1 aliphatic carbocycles. The van der Waals surface area contributed by atoms with E-state index in [-0.39, 0.29) is 5.91 Å². The molecule has 16 heavy (non-hydrogen) atoms. The van der Waals surface area contributed by atoms with Crippen molar-refractivity contribution < 1.29 is 4.79 Å². The lowest BCUT2D eigenvalue weighted by atomic mass is 10.2. The minimum Gasteiger partial charge on any atom is -0.342 e.